The number of methoxy groups -OCH3 is 1. The molecule has 0 aliphatic carbocycles. The molecule has 1 atom stereocenters. The van der Waals surface area contributed by atoms with Crippen LogP contribution < -0.4 is 9.64 Å². The van der Waals surface area contributed by atoms with Gasteiger partial charge in [0.2, 0.25) is 11.8 Å². The van der Waals surface area contributed by atoms with E-state index in [1.807, 2.05) is 38.1 Å². The van der Waals surface area contributed by atoms with E-state index in [4.69, 9.17) is 21.3 Å². The summed E-state index contributed by atoms with van der Waals surface area (Å²) in [6.45, 7) is 5.70. The van der Waals surface area contributed by atoms with Crippen LogP contribution in [-0.2, 0) is 6.54 Å². The predicted molar refractivity (Wildman–Crippen MR) is 111 cm³/mol. The highest BCUT2D eigenvalue weighted by molar-refractivity contribution is 6.35. The number of imidazole rings is 1. The van der Waals surface area contributed by atoms with Gasteiger partial charge in [-0.05, 0) is 37.5 Å². The number of aryl methyl sites for hydroxylation is 2. The molecule has 1 unspecified atom stereocenters. The second kappa shape index (κ2) is 7.33. The van der Waals surface area contributed by atoms with Crippen molar-refractivity contribution in [2.75, 3.05) is 18.6 Å². The van der Waals surface area contributed by atoms with Crippen LogP contribution in [0.4, 0.5) is 11.6 Å². The van der Waals surface area contributed by atoms with E-state index in [2.05, 4.69) is 20.5 Å². The number of anilines is 2. The Morgan fingerprint density at radius 2 is 2.07 bits per heavy atom. The molecule has 0 amide bonds. The van der Waals surface area contributed by atoms with Crippen LogP contribution in [0.2, 0.25) is 5.02 Å². The first-order valence-corrected chi connectivity index (χ1v) is 9.84. The summed E-state index contributed by atoms with van der Waals surface area (Å²) in [4.78, 5) is 11.6. The molecule has 3 aromatic rings. The number of aromatic nitrogens is 3. The van der Waals surface area contributed by atoms with Gasteiger partial charge < -0.3 is 14.2 Å². The number of fused-ring (bicyclic) bond motifs is 3. The van der Waals surface area contributed by atoms with Gasteiger partial charge in [0.1, 0.15) is 5.52 Å². The van der Waals surface area contributed by atoms with Crippen molar-refractivity contribution in [3.05, 3.63) is 40.5 Å². The van der Waals surface area contributed by atoms with E-state index in [9.17, 15) is 5.26 Å². The summed E-state index contributed by atoms with van der Waals surface area (Å²) in [5.74, 6) is 1.26. The van der Waals surface area contributed by atoms with E-state index in [1.165, 1.54) is 0 Å². The molecule has 0 spiro atoms. The monoisotopic (exact) mass is 395 g/mol. The van der Waals surface area contributed by atoms with Gasteiger partial charge in [-0.2, -0.15) is 5.26 Å². The zero-order chi connectivity index (χ0) is 19.8. The number of hydrogen-bond acceptors (Lipinski definition) is 5. The fraction of sp³-hybridized carbons (Fsp3) is 0.381. The Kier molecular flexibility index (Phi) is 4.86. The topological polar surface area (TPSA) is 67.0 Å². The molecule has 0 N–H and O–H groups in total. The van der Waals surface area contributed by atoms with Crippen molar-refractivity contribution in [2.45, 2.75) is 39.2 Å². The zero-order valence-electron chi connectivity index (χ0n) is 16.2. The third-order valence-corrected chi connectivity index (χ3v) is 5.64. The summed E-state index contributed by atoms with van der Waals surface area (Å²) in [6.07, 6.45) is 1.72. The van der Waals surface area contributed by atoms with E-state index in [-0.39, 0.29) is 5.92 Å². The van der Waals surface area contributed by atoms with Gasteiger partial charge in [-0.3, -0.25) is 0 Å². The maximum absolute atomic E-state index is 9.62. The molecule has 3 heterocycles. The zero-order valence-corrected chi connectivity index (χ0v) is 17.0. The third-order valence-electron chi connectivity index (χ3n) is 5.33. The molecule has 6 nitrogen and oxygen atoms in total. The predicted octanol–water partition coefficient (Wildman–Crippen LogP) is 4.96. The van der Waals surface area contributed by atoms with Crippen molar-refractivity contribution in [3.63, 3.8) is 0 Å². The summed E-state index contributed by atoms with van der Waals surface area (Å²) in [6, 6.07) is 10.1. The number of benzene rings is 1. The molecule has 1 aliphatic heterocycles. The average Bonchev–Trinajstić information content (AvgIpc) is 3.11. The molecule has 0 fully saturated rings. The smallest absolute Gasteiger partial charge is 0.213 e. The first-order valence-electron chi connectivity index (χ1n) is 9.46. The standard InChI is InChI=1S/C21H22ClN5O/c1-4-14(12-23)15-6-7-16(22)19-20(15)27-11-5-10-26(21(27)25-19)17-8-9-18(28-3)24-13(17)2/h6-9,14H,4-5,10-11H2,1-3H3. The van der Waals surface area contributed by atoms with Crippen molar-refractivity contribution in [1.29, 1.82) is 5.26 Å². The lowest BCUT2D eigenvalue weighted by Gasteiger charge is -2.30. The SMILES string of the molecule is CCC(C#N)c1ccc(Cl)c2nc3n(c12)CCCN3c1ccc(OC)nc1C. The highest BCUT2D eigenvalue weighted by Gasteiger charge is 2.27. The Morgan fingerprint density at radius 3 is 2.75 bits per heavy atom. The van der Waals surface area contributed by atoms with Crippen molar-refractivity contribution in [3.8, 4) is 11.9 Å². The average molecular weight is 396 g/mol. The maximum Gasteiger partial charge on any atom is 0.213 e. The van der Waals surface area contributed by atoms with E-state index in [0.717, 1.165) is 59.9 Å². The lowest BCUT2D eigenvalue weighted by Crippen LogP contribution is -2.29. The van der Waals surface area contributed by atoms with Gasteiger partial charge in [0.15, 0.2) is 0 Å². The molecule has 1 aliphatic rings. The van der Waals surface area contributed by atoms with Gasteiger partial charge in [-0.15, -0.1) is 0 Å². The lowest BCUT2D eigenvalue weighted by molar-refractivity contribution is 0.397. The number of halogens is 1. The van der Waals surface area contributed by atoms with E-state index in [1.54, 1.807) is 7.11 Å². The molecule has 0 bridgehead atoms. The van der Waals surface area contributed by atoms with Crippen LogP contribution in [0.15, 0.2) is 24.3 Å². The fourth-order valence-electron chi connectivity index (χ4n) is 3.95. The molecular weight excluding hydrogens is 374 g/mol. The molecule has 144 valence electrons. The first-order chi connectivity index (χ1) is 13.6. The van der Waals surface area contributed by atoms with Gasteiger partial charge in [-0.25, -0.2) is 9.97 Å². The molecule has 0 radical (unpaired) electrons. The Hall–Kier alpha value is -2.78. The minimum atomic E-state index is -0.180. The minimum absolute atomic E-state index is 0.180. The van der Waals surface area contributed by atoms with Gasteiger partial charge in [0, 0.05) is 19.2 Å². The number of rotatable bonds is 4. The largest absolute Gasteiger partial charge is 0.481 e. The van der Waals surface area contributed by atoms with Crippen LogP contribution in [0.5, 0.6) is 5.88 Å². The van der Waals surface area contributed by atoms with Gasteiger partial charge in [0.05, 0.1) is 41.0 Å². The van der Waals surface area contributed by atoms with Crippen LogP contribution in [0.3, 0.4) is 0 Å². The van der Waals surface area contributed by atoms with Crippen molar-refractivity contribution < 1.29 is 4.74 Å². The van der Waals surface area contributed by atoms with Crippen LogP contribution in [0.25, 0.3) is 11.0 Å². The van der Waals surface area contributed by atoms with E-state index in [0.29, 0.717) is 10.9 Å². The summed E-state index contributed by atoms with van der Waals surface area (Å²) < 4.78 is 7.44. The fourth-order valence-corrected chi connectivity index (χ4v) is 4.14. The van der Waals surface area contributed by atoms with Gasteiger partial charge >= 0.3 is 0 Å². The molecule has 7 heteroatoms. The van der Waals surface area contributed by atoms with Crippen LogP contribution in [-0.4, -0.2) is 28.2 Å². The van der Waals surface area contributed by atoms with Crippen molar-refractivity contribution >= 4 is 34.3 Å². The van der Waals surface area contributed by atoms with Crippen LogP contribution >= 0.6 is 11.6 Å². The lowest BCUT2D eigenvalue weighted by atomic mass is 9.96. The van der Waals surface area contributed by atoms with Crippen LogP contribution in [0, 0.1) is 18.3 Å². The summed E-state index contributed by atoms with van der Waals surface area (Å²) >= 11 is 6.50. The van der Waals surface area contributed by atoms with Crippen LogP contribution in [0.1, 0.15) is 36.9 Å². The molecular formula is C21H22ClN5O. The summed E-state index contributed by atoms with van der Waals surface area (Å²) in [7, 11) is 1.62. The van der Waals surface area contributed by atoms with Crippen molar-refractivity contribution in [1.82, 2.24) is 14.5 Å². The number of nitrogens with zero attached hydrogens (tertiary/aromatic N) is 5. The Balaban J connectivity index is 1.92. The third kappa shape index (κ3) is 2.87. The van der Waals surface area contributed by atoms with Gasteiger partial charge in [0.25, 0.3) is 0 Å². The summed E-state index contributed by atoms with van der Waals surface area (Å²) in [5, 5.41) is 10.2. The first kappa shape index (κ1) is 18.6. The molecule has 1 aromatic carbocycles. The van der Waals surface area contributed by atoms with E-state index < -0.39 is 0 Å². The second-order valence-corrected chi connectivity index (χ2v) is 7.36. The Labute approximate surface area is 169 Å². The number of hydrogen-bond donors (Lipinski definition) is 0. The number of pyridine rings is 1. The Bertz CT molecular complexity index is 1080. The normalized spacial score (nSPS) is 14.6. The highest BCUT2D eigenvalue weighted by Crippen LogP contribution is 2.39. The molecule has 0 saturated heterocycles. The molecule has 28 heavy (non-hydrogen) atoms. The molecule has 0 saturated carbocycles. The minimum Gasteiger partial charge on any atom is -0.481 e. The highest BCUT2D eigenvalue weighted by atomic mass is 35.5. The molecule has 4 rings (SSSR count). The second-order valence-electron chi connectivity index (χ2n) is 6.95. The quantitative estimate of drug-likeness (QED) is 0.624. The number of nitriles is 1. The van der Waals surface area contributed by atoms with E-state index >= 15 is 0 Å². The molecule has 2 aromatic heterocycles. The van der Waals surface area contributed by atoms with Crippen molar-refractivity contribution in [2.24, 2.45) is 0 Å². The Morgan fingerprint density at radius 1 is 1.25 bits per heavy atom. The number of ether oxygens (including phenoxy) is 1. The maximum atomic E-state index is 9.62. The summed E-state index contributed by atoms with van der Waals surface area (Å²) in [5.41, 5.74) is 4.61. The van der Waals surface area contributed by atoms with Gasteiger partial charge in [-0.1, -0.05) is 24.6 Å².